The molecule has 1 amide bonds. The quantitative estimate of drug-likeness (QED) is 0.898. The molecule has 3 fully saturated rings. The number of nitrogens with one attached hydrogen (secondary N) is 1. The summed E-state index contributed by atoms with van der Waals surface area (Å²) in [5.41, 5.74) is 0.690. The van der Waals surface area contributed by atoms with Crippen LogP contribution >= 0.6 is 0 Å². The number of morpholine rings is 1. The minimum atomic E-state index is 0.00237. The van der Waals surface area contributed by atoms with Crippen LogP contribution in [0.2, 0.25) is 0 Å². The largest absolute Gasteiger partial charge is 0.494 e. The van der Waals surface area contributed by atoms with E-state index in [0.717, 1.165) is 37.8 Å². The third kappa shape index (κ3) is 3.42. The van der Waals surface area contributed by atoms with Crippen molar-refractivity contribution >= 4 is 5.91 Å². The Morgan fingerprint density at radius 2 is 2.08 bits per heavy atom. The minimum absolute atomic E-state index is 0.00237. The van der Waals surface area contributed by atoms with Crippen LogP contribution in [0.15, 0.2) is 24.3 Å². The molecule has 0 unspecified atom stereocenters. The van der Waals surface area contributed by atoms with Gasteiger partial charge in [0.05, 0.1) is 19.3 Å². The maximum Gasteiger partial charge on any atom is 0.251 e. The Bertz CT molecular complexity index is 585. The first-order valence-electron chi connectivity index (χ1n) is 9.12. The standard InChI is InChI=1S/C19H26N2O3/c1-2-23-17-7-5-14(6-8-17)19(22)20-15-9-16-12-24-18(13-3-4-13)11-21(16)10-15/h5-8,13,15-16,18H,2-4,9-12H2,1H3,(H,20,22)/t15-,16-,18-/m0/s1. The molecule has 5 nitrogen and oxygen atoms in total. The van der Waals surface area contributed by atoms with E-state index in [2.05, 4.69) is 10.2 Å². The SMILES string of the molecule is CCOc1ccc(C(=O)N[C@H]2C[C@H]3CO[C@H](C4CC4)CN3C2)cc1. The number of carbonyl (C=O) groups excluding carboxylic acids is 1. The number of carbonyl (C=O) groups is 1. The lowest BCUT2D eigenvalue weighted by Gasteiger charge is -2.35. The molecule has 0 spiro atoms. The first kappa shape index (κ1) is 15.9. The molecule has 3 atom stereocenters. The molecule has 5 heteroatoms. The van der Waals surface area contributed by atoms with Gasteiger partial charge in [0.15, 0.2) is 0 Å². The van der Waals surface area contributed by atoms with Crippen LogP contribution in [-0.2, 0) is 4.74 Å². The lowest BCUT2D eigenvalue weighted by Crippen LogP contribution is -2.47. The fraction of sp³-hybridized carbons (Fsp3) is 0.632. The molecule has 2 heterocycles. The van der Waals surface area contributed by atoms with E-state index in [1.165, 1.54) is 12.8 Å². The summed E-state index contributed by atoms with van der Waals surface area (Å²) >= 11 is 0. The first-order valence-corrected chi connectivity index (χ1v) is 9.12. The van der Waals surface area contributed by atoms with Gasteiger partial charge in [-0.2, -0.15) is 0 Å². The van der Waals surface area contributed by atoms with E-state index in [1.54, 1.807) is 0 Å². The van der Waals surface area contributed by atoms with Crippen molar-refractivity contribution in [3.63, 3.8) is 0 Å². The fourth-order valence-corrected chi connectivity index (χ4v) is 3.90. The topological polar surface area (TPSA) is 50.8 Å². The molecular formula is C19H26N2O3. The van der Waals surface area contributed by atoms with Crippen LogP contribution in [-0.4, -0.2) is 55.3 Å². The van der Waals surface area contributed by atoms with E-state index in [-0.39, 0.29) is 11.9 Å². The molecule has 130 valence electrons. The fourth-order valence-electron chi connectivity index (χ4n) is 3.90. The Balaban J connectivity index is 1.31. The van der Waals surface area contributed by atoms with Crippen LogP contribution in [0, 0.1) is 5.92 Å². The van der Waals surface area contributed by atoms with Gasteiger partial charge in [0.1, 0.15) is 5.75 Å². The molecule has 1 aromatic rings. The van der Waals surface area contributed by atoms with Crippen LogP contribution < -0.4 is 10.1 Å². The number of amides is 1. The average Bonchev–Trinajstić information content (AvgIpc) is 3.36. The van der Waals surface area contributed by atoms with Crippen LogP contribution in [0.1, 0.15) is 36.5 Å². The van der Waals surface area contributed by atoms with Gasteiger partial charge in [0.2, 0.25) is 0 Å². The lowest BCUT2D eigenvalue weighted by molar-refractivity contribution is -0.0581. The lowest BCUT2D eigenvalue weighted by atomic mass is 10.1. The van der Waals surface area contributed by atoms with Crippen molar-refractivity contribution in [2.45, 2.75) is 44.4 Å². The smallest absolute Gasteiger partial charge is 0.251 e. The monoisotopic (exact) mass is 330 g/mol. The van der Waals surface area contributed by atoms with Crippen molar-refractivity contribution in [1.29, 1.82) is 0 Å². The van der Waals surface area contributed by atoms with Gasteiger partial charge < -0.3 is 14.8 Å². The van der Waals surface area contributed by atoms with Crippen LogP contribution in [0.3, 0.4) is 0 Å². The van der Waals surface area contributed by atoms with Gasteiger partial charge in [0.25, 0.3) is 5.91 Å². The molecule has 1 N–H and O–H groups in total. The van der Waals surface area contributed by atoms with Crippen molar-refractivity contribution < 1.29 is 14.3 Å². The number of fused-ring (bicyclic) bond motifs is 1. The maximum absolute atomic E-state index is 12.5. The van der Waals surface area contributed by atoms with Gasteiger partial charge in [-0.05, 0) is 56.4 Å². The summed E-state index contributed by atoms with van der Waals surface area (Å²) in [4.78, 5) is 15.0. The zero-order valence-electron chi connectivity index (χ0n) is 14.2. The highest BCUT2D eigenvalue weighted by Gasteiger charge is 2.42. The Morgan fingerprint density at radius 3 is 2.79 bits per heavy atom. The summed E-state index contributed by atoms with van der Waals surface area (Å²) < 4.78 is 11.4. The second-order valence-corrected chi connectivity index (χ2v) is 7.18. The predicted octanol–water partition coefficient (Wildman–Crippen LogP) is 2.07. The van der Waals surface area contributed by atoms with Crippen molar-refractivity contribution in [3.05, 3.63) is 29.8 Å². The normalized spacial score (nSPS) is 30.0. The van der Waals surface area contributed by atoms with E-state index in [4.69, 9.17) is 9.47 Å². The second kappa shape index (κ2) is 6.73. The molecule has 2 aliphatic heterocycles. The van der Waals surface area contributed by atoms with Crippen molar-refractivity contribution in [2.75, 3.05) is 26.3 Å². The van der Waals surface area contributed by atoms with E-state index in [9.17, 15) is 4.79 Å². The van der Waals surface area contributed by atoms with Gasteiger partial charge in [-0.15, -0.1) is 0 Å². The Hall–Kier alpha value is -1.59. The molecule has 1 aliphatic carbocycles. The van der Waals surface area contributed by atoms with Crippen molar-refractivity contribution in [1.82, 2.24) is 10.2 Å². The Labute approximate surface area is 143 Å². The molecule has 4 rings (SSSR count). The van der Waals surface area contributed by atoms with E-state index >= 15 is 0 Å². The summed E-state index contributed by atoms with van der Waals surface area (Å²) in [6, 6.07) is 8.04. The van der Waals surface area contributed by atoms with Gasteiger partial charge in [-0.25, -0.2) is 0 Å². The molecule has 0 bridgehead atoms. The van der Waals surface area contributed by atoms with Gasteiger partial charge in [-0.3, -0.25) is 9.69 Å². The van der Waals surface area contributed by atoms with E-state index in [0.29, 0.717) is 24.3 Å². The van der Waals surface area contributed by atoms with Gasteiger partial charge >= 0.3 is 0 Å². The molecule has 1 saturated carbocycles. The second-order valence-electron chi connectivity index (χ2n) is 7.18. The highest BCUT2D eigenvalue weighted by atomic mass is 16.5. The van der Waals surface area contributed by atoms with Crippen LogP contribution in [0.4, 0.5) is 0 Å². The predicted molar refractivity (Wildman–Crippen MR) is 91.3 cm³/mol. The Kier molecular flexibility index (Phi) is 4.46. The molecular weight excluding hydrogens is 304 g/mol. The molecule has 3 aliphatic rings. The summed E-state index contributed by atoms with van der Waals surface area (Å²) in [7, 11) is 0. The minimum Gasteiger partial charge on any atom is -0.494 e. The van der Waals surface area contributed by atoms with Crippen molar-refractivity contribution in [2.24, 2.45) is 5.92 Å². The summed E-state index contributed by atoms with van der Waals surface area (Å²) in [5, 5.41) is 3.19. The number of nitrogens with zero attached hydrogens (tertiary/aromatic N) is 1. The highest BCUT2D eigenvalue weighted by Crippen LogP contribution is 2.37. The zero-order chi connectivity index (χ0) is 16.5. The molecule has 0 radical (unpaired) electrons. The summed E-state index contributed by atoms with van der Waals surface area (Å²) in [6.45, 7) is 5.38. The third-order valence-corrected chi connectivity index (χ3v) is 5.36. The summed E-state index contributed by atoms with van der Waals surface area (Å²) in [6.07, 6.45) is 4.05. The van der Waals surface area contributed by atoms with E-state index in [1.807, 2.05) is 31.2 Å². The molecule has 1 aromatic carbocycles. The van der Waals surface area contributed by atoms with Crippen molar-refractivity contribution in [3.8, 4) is 5.75 Å². The number of hydrogen-bond acceptors (Lipinski definition) is 4. The third-order valence-electron chi connectivity index (χ3n) is 5.36. The highest BCUT2D eigenvalue weighted by molar-refractivity contribution is 5.94. The van der Waals surface area contributed by atoms with E-state index < -0.39 is 0 Å². The number of ether oxygens (including phenoxy) is 2. The molecule has 0 aromatic heterocycles. The summed E-state index contributed by atoms with van der Waals surface area (Å²) in [5.74, 6) is 1.58. The number of benzene rings is 1. The van der Waals surface area contributed by atoms with Crippen LogP contribution in [0.5, 0.6) is 5.75 Å². The molecule has 2 saturated heterocycles. The average molecular weight is 330 g/mol. The molecule has 24 heavy (non-hydrogen) atoms. The Morgan fingerprint density at radius 1 is 1.29 bits per heavy atom. The first-order chi connectivity index (χ1) is 11.7. The number of rotatable bonds is 5. The van der Waals surface area contributed by atoms with Crippen LogP contribution in [0.25, 0.3) is 0 Å². The maximum atomic E-state index is 12.5. The van der Waals surface area contributed by atoms with Gasteiger partial charge in [-0.1, -0.05) is 0 Å². The zero-order valence-corrected chi connectivity index (χ0v) is 14.2. The van der Waals surface area contributed by atoms with Gasteiger partial charge in [0, 0.05) is 30.7 Å². The number of hydrogen-bond donors (Lipinski definition) is 1.